The third kappa shape index (κ3) is 4.27. The number of aliphatic hydroxyl groups excluding tert-OH is 2. The summed E-state index contributed by atoms with van der Waals surface area (Å²) in [5.74, 6) is 0.372. The Hall–Kier alpha value is -2.64. The molecule has 1 fully saturated rings. The van der Waals surface area contributed by atoms with E-state index in [1.165, 1.54) is 17.2 Å². The minimum Gasteiger partial charge on any atom is -0.387 e. The molecule has 1 aromatic carbocycles. The van der Waals surface area contributed by atoms with Gasteiger partial charge in [0.1, 0.15) is 24.6 Å². The molecule has 6 N–H and O–H groups in total. The van der Waals surface area contributed by atoms with Crippen LogP contribution in [0.3, 0.4) is 0 Å². The molecule has 0 unspecified atom stereocenters. The van der Waals surface area contributed by atoms with Gasteiger partial charge in [-0.25, -0.2) is 19.5 Å². The van der Waals surface area contributed by atoms with Crippen LogP contribution in [-0.4, -0.2) is 64.4 Å². The monoisotopic (exact) mass is 438 g/mol. The highest BCUT2D eigenvalue weighted by Crippen LogP contribution is 2.38. The van der Waals surface area contributed by atoms with Crippen molar-refractivity contribution in [2.24, 2.45) is 0 Å². The topological polar surface area (TPSA) is 184 Å². The molecule has 1 aliphatic heterocycles. The summed E-state index contributed by atoms with van der Waals surface area (Å²) in [6.07, 6.45) is -2.43. The molecule has 2 aromatic heterocycles. The summed E-state index contributed by atoms with van der Waals surface area (Å²) in [5.41, 5.74) is 7.41. The third-order valence-corrected chi connectivity index (χ3v) is 4.96. The van der Waals surface area contributed by atoms with Gasteiger partial charge < -0.3 is 24.7 Å². The first-order valence-corrected chi connectivity index (χ1v) is 10.3. The minimum absolute atomic E-state index is 0.315. The van der Waals surface area contributed by atoms with Gasteiger partial charge in [-0.15, -0.1) is 0 Å². The molecule has 4 atom stereocenters. The summed E-state index contributed by atoms with van der Waals surface area (Å²) in [7, 11) is -4.75. The maximum atomic E-state index is 10.9. The molecule has 4 rings (SSSR count). The Morgan fingerprint density at radius 1 is 1.10 bits per heavy atom. The van der Waals surface area contributed by atoms with Crippen LogP contribution in [0.25, 0.3) is 11.2 Å². The second kappa shape index (κ2) is 8.24. The Labute approximate surface area is 169 Å². The van der Waals surface area contributed by atoms with Crippen molar-refractivity contribution < 1.29 is 33.8 Å². The summed E-state index contributed by atoms with van der Waals surface area (Å²) in [6, 6.07) is 9.33. The zero-order valence-electron chi connectivity index (χ0n) is 15.3. The summed E-state index contributed by atoms with van der Waals surface area (Å²) in [5, 5.41) is 20.5. The second-order valence-corrected chi connectivity index (χ2v) is 7.73. The fourth-order valence-electron chi connectivity index (χ4n) is 3.05. The van der Waals surface area contributed by atoms with Crippen LogP contribution >= 0.6 is 7.82 Å². The lowest BCUT2D eigenvalue weighted by Crippen LogP contribution is -2.33. The van der Waals surface area contributed by atoms with Crippen LogP contribution in [0.1, 0.15) is 6.23 Å². The van der Waals surface area contributed by atoms with Crippen molar-refractivity contribution in [2.45, 2.75) is 24.5 Å². The lowest BCUT2D eigenvalue weighted by molar-refractivity contribution is -0.0504. The number of rotatable bonds is 7. The second-order valence-electron chi connectivity index (χ2n) is 6.49. The average Bonchev–Trinajstić information content (AvgIpc) is 3.27. The Morgan fingerprint density at radius 2 is 1.87 bits per heavy atom. The van der Waals surface area contributed by atoms with E-state index in [4.69, 9.17) is 14.5 Å². The van der Waals surface area contributed by atoms with Crippen molar-refractivity contribution >= 4 is 30.5 Å². The van der Waals surface area contributed by atoms with Gasteiger partial charge in [-0.1, -0.05) is 18.2 Å². The predicted molar refractivity (Wildman–Crippen MR) is 103 cm³/mol. The van der Waals surface area contributed by atoms with E-state index in [0.717, 1.165) is 5.69 Å². The molecule has 13 nitrogen and oxygen atoms in total. The van der Waals surface area contributed by atoms with Gasteiger partial charge in [-0.3, -0.25) is 19.9 Å². The van der Waals surface area contributed by atoms with Gasteiger partial charge in [-0.05, 0) is 12.1 Å². The number of ether oxygens (including phenoxy) is 1. The van der Waals surface area contributed by atoms with Gasteiger partial charge in [0.05, 0.1) is 18.6 Å². The van der Waals surface area contributed by atoms with Crippen LogP contribution in [0, 0.1) is 0 Å². The van der Waals surface area contributed by atoms with Gasteiger partial charge in [0.25, 0.3) is 0 Å². The summed E-state index contributed by atoms with van der Waals surface area (Å²) in [4.78, 5) is 30.2. The standard InChI is InChI=1S/C16H19N6O7P/c23-12-10(6-28-30(25,26)27)29-16(13(12)24)22-8-19-11-14(17-7-18-15(11)22)21-20-9-4-2-1-3-5-9/h1-5,7-8,10,12-13,16,20,23-24H,6H2,(H,17,18,21)(H2,25,26,27)/t10-,12-,13-,16-/m1/s1. The summed E-state index contributed by atoms with van der Waals surface area (Å²) < 4.78 is 22.2. The molecule has 0 spiro atoms. The molecule has 0 saturated carbocycles. The van der Waals surface area contributed by atoms with E-state index in [0.29, 0.717) is 17.0 Å². The molecular weight excluding hydrogens is 419 g/mol. The quantitative estimate of drug-likeness (QED) is 0.215. The molecular formula is C16H19N6O7P. The van der Waals surface area contributed by atoms with E-state index in [9.17, 15) is 14.8 Å². The highest BCUT2D eigenvalue weighted by molar-refractivity contribution is 7.46. The Bertz CT molecular complexity index is 1060. The lowest BCUT2D eigenvalue weighted by atomic mass is 10.1. The molecule has 14 heteroatoms. The number of phosphoric ester groups is 1. The number of imidazole rings is 1. The first kappa shape index (κ1) is 20.6. The van der Waals surface area contributed by atoms with Crippen molar-refractivity contribution in [1.82, 2.24) is 19.5 Å². The molecule has 160 valence electrons. The Balaban J connectivity index is 1.54. The Morgan fingerprint density at radius 3 is 2.60 bits per heavy atom. The normalized spacial score (nSPS) is 24.3. The maximum Gasteiger partial charge on any atom is 0.469 e. The van der Waals surface area contributed by atoms with Gasteiger partial charge in [-0.2, -0.15) is 0 Å². The molecule has 1 aliphatic rings. The maximum absolute atomic E-state index is 10.9. The van der Waals surface area contributed by atoms with Gasteiger partial charge in [0, 0.05) is 0 Å². The number of nitrogens with zero attached hydrogens (tertiary/aromatic N) is 4. The van der Waals surface area contributed by atoms with Crippen molar-refractivity contribution in [1.29, 1.82) is 0 Å². The summed E-state index contributed by atoms with van der Waals surface area (Å²) >= 11 is 0. The van der Waals surface area contributed by atoms with Crippen LogP contribution in [0.4, 0.5) is 11.5 Å². The fraction of sp³-hybridized carbons (Fsp3) is 0.312. The average molecular weight is 438 g/mol. The number of aromatic nitrogens is 4. The SMILES string of the molecule is O=P(O)(O)OC[C@H]1O[C@@H](n2cnc3c(NNc4ccccc4)ncnc32)[C@H](O)[C@@H]1O. The number of hydrazine groups is 1. The number of para-hydroxylation sites is 1. The zero-order chi connectivity index (χ0) is 21.3. The molecule has 0 amide bonds. The predicted octanol–water partition coefficient (Wildman–Crippen LogP) is -0.00620. The number of benzene rings is 1. The van der Waals surface area contributed by atoms with E-state index in [1.54, 1.807) is 0 Å². The van der Waals surface area contributed by atoms with Crippen molar-refractivity contribution in [3.05, 3.63) is 43.0 Å². The lowest BCUT2D eigenvalue weighted by Gasteiger charge is -2.16. The van der Waals surface area contributed by atoms with E-state index < -0.39 is 39.0 Å². The highest BCUT2D eigenvalue weighted by Gasteiger charge is 2.45. The van der Waals surface area contributed by atoms with Crippen LogP contribution in [0.15, 0.2) is 43.0 Å². The van der Waals surface area contributed by atoms with Gasteiger partial charge in [0.15, 0.2) is 23.2 Å². The molecule has 3 heterocycles. The third-order valence-electron chi connectivity index (χ3n) is 4.48. The largest absolute Gasteiger partial charge is 0.469 e. The highest BCUT2D eigenvalue weighted by atomic mass is 31.2. The number of nitrogens with one attached hydrogen (secondary N) is 2. The molecule has 0 radical (unpaired) electrons. The molecule has 0 aliphatic carbocycles. The van der Waals surface area contributed by atoms with E-state index >= 15 is 0 Å². The molecule has 1 saturated heterocycles. The smallest absolute Gasteiger partial charge is 0.387 e. The number of hydrogen-bond acceptors (Lipinski definition) is 10. The number of hydrogen-bond donors (Lipinski definition) is 6. The van der Waals surface area contributed by atoms with Crippen LogP contribution in [-0.2, 0) is 13.8 Å². The van der Waals surface area contributed by atoms with Gasteiger partial charge >= 0.3 is 7.82 Å². The minimum atomic E-state index is -4.75. The number of phosphoric acid groups is 1. The van der Waals surface area contributed by atoms with E-state index in [-0.39, 0.29) is 0 Å². The number of fused-ring (bicyclic) bond motifs is 1. The molecule has 0 bridgehead atoms. The van der Waals surface area contributed by atoms with Crippen molar-refractivity contribution in [3.8, 4) is 0 Å². The number of aliphatic hydroxyl groups is 2. The first-order valence-electron chi connectivity index (χ1n) is 8.80. The van der Waals surface area contributed by atoms with Crippen molar-refractivity contribution in [2.75, 3.05) is 17.5 Å². The van der Waals surface area contributed by atoms with E-state index in [2.05, 4.69) is 30.3 Å². The fourth-order valence-corrected chi connectivity index (χ4v) is 3.39. The number of anilines is 2. The first-order chi connectivity index (χ1) is 14.3. The summed E-state index contributed by atoms with van der Waals surface area (Å²) in [6.45, 7) is -0.603. The van der Waals surface area contributed by atoms with Crippen LogP contribution in [0.2, 0.25) is 0 Å². The van der Waals surface area contributed by atoms with Crippen molar-refractivity contribution in [3.63, 3.8) is 0 Å². The van der Waals surface area contributed by atoms with E-state index in [1.807, 2.05) is 30.3 Å². The molecule has 3 aromatic rings. The van der Waals surface area contributed by atoms with Gasteiger partial charge in [0.2, 0.25) is 0 Å². The zero-order valence-corrected chi connectivity index (χ0v) is 16.2. The molecule has 30 heavy (non-hydrogen) atoms. The Kier molecular flexibility index (Phi) is 5.66. The van der Waals surface area contributed by atoms with Crippen LogP contribution in [0.5, 0.6) is 0 Å². The van der Waals surface area contributed by atoms with Crippen LogP contribution < -0.4 is 10.9 Å².